The maximum atomic E-state index is 12.3. The van der Waals surface area contributed by atoms with Gasteiger partial charge in [0.1, 0.15) is 17.2 Å². The van der Waals surface area contributed by atoms with Gasteiger partial charge in [-0.15, -0.1) is 0 Å². The lowest BCUT2D eigenvalue weighted by Gasteiger charge is -2.12. The molecular formula is C19H20O6. The molecule has 25 heavy (non-hydrogen) atoms. The molecule has 0 heterocycles. The molecule has 2 aromatic rings. The van der Waals surface area contributed by atoms with Crippen LogP contribution in [0.2, 0.25) is 0 Å². The predicted octanol–water partition coefficient (Wildman–Crippen LogP) is 3.32. The zero-order valence-electron chi connectivity index (χ0n) is 14.5. The van der Waals surface area contributed by atoms with Crippen molar-refractivity contribution in [1.29, 1.82) is 0 Å². The number of aromatic hydroxyl groups is 1. The maximum absolute atomic E-state index is 12.3. The molecule has 132 valence electrons. The summed E-state index contributed by atoms with van der Waals surface area (Å²) in [6, 6.07) is 7.88. The highest BCUT2D eigenvalue weighted by molar-refractivity contribution is 6.08. The second-order valence-electron chi connectivity index (χ2n) is 5.03. The second-order valence-corrected chi connectivity index (χ2v) is 5.03. The average molecular weight is 344 g/mol. The summed E-state index contributed by atoms with van der Waals surface area (Å²) in [6.07, 6.45) is 2.94. The number of benzene rings is 2. The van der Waals surface area contributed by atoms with Crippen LogP contribution in [0.15, 0.2) is 36.4 Å². The summed E-state index contributed by atoms with van der Waals surface area (Å²) < 4.78 is 20.8. The van der Waals surface area contributed by atoms with Crippen molar-refractivity contribution in [3.63, 3.8) is 0 Å². The topological polar surface area (TPSA) is 74.2 Å². The van der Waals surface area contributed by atoms with Gasteiger partial charge in [0.05, 0.1) is 34.0 Å². The first-order valence-corrected chi connectivity index (χ1v) is 7.43. The Labute approximate surface area is 146 Å². The highest BCUT2D eigenvalue weighted by Gasteiger charge is 2.12. The number of ketones is 1. The van der Waals surface area contributed by atoms with Crippen LogP contribution in [0.5, 0.6) is 28.7 Å². The molecule has 6 heteroatoms. The van der Waals surface area contributed by atoms with Crippen molar-refractivity contribution in [2.75, 3.05) is 28.4 Å². The lowest BCUT2D eigenvalue weighted by molar-refractivity contribution is 0.104. The number of hydrogen-bond donors (Lipinski definition) is 1. The van der Waals surface area contributed by atoms with Gasteiger partial charge in [0, 0.05) is 17.7 Å². The molecule has 0 aliphatic rings. The number of phenols is 1. The molecule has 2 aromatic carbocycles. The molecule has 0 spiro atoms. The zero-order valence-corrected chi connectivity index (χ0v) is 14.5. The third-order valence-electron chi connectivity index (χ3n) is 3.62. The first kappa shape index (κ1) is 18.2. The fraction of sp³-hybridized carbons (Fsp3) is 0.211. The van der Waals surface area contributed by atoms with Gasteiger partial charge in [0.2, 0.25) is 0 Å². The van der Waals surface area contributed by atoms with Gasteiger partial charge in [-0.05, 0) is 30.4 Å². The summed E-state index contributed by atoms with van der Waals surface area (Å²) in [7, 11) is 6.07. The molecule has 1 N–H and O–H groups in total. The Morgan fingerprint density at radius 1 is 0.880 bits per heavy atom. The normalized spacial score (nSPS) is 10.6. The molecule has 0 aromatic heterocycles. The third kappa shape index (κ3) is 4.03. The van der Waals surface area contributed by atoms with E-state index in [0.717, 1.165) is 0 Å². The molecule has 0 aliphatic heterocycles. The Kier molecular flexibility index (Phi) is 5.89. The standard InChI is InChI=1S/C19H20O6/c1-22-13-6-7-14(16(21)10-13)15(20)8-5-12-9-18(24-3)19(25-4)11-17(12)23-2/h5-11,21H,1-4H3. The van der Waals surface area contributed by atoms with Gasteiger partial charge in [-0.25, -0.2) is 0 Å². The molecular weight excluding hydrogens is 324 g/mol. The first-order valence-electron chi connectivity index (χ1n) is 7.43. The van der Waals surface area contributed by atoms with E-state index >= 15 is 0 Å². The number of hydrogen-bond acceptors (Lipinski definition) is 6. The maximum Gasteiger partial charge on any atom is 0.189 e. The largest absolute Gasteiger partial charge is 0.507 e. The van der Waals surface area contributed by atoms with E-state index in [-0.39, 0.29) is 17.1 Å². The Hall–Kier alpha value is -3.15. The predicted molar refractivity (Wildman–Crippen MR) is 94.1 cm³/mol. The monoisotopic (exact) mass is 344 g/mol. The molecule has 0 bridgehead atoms. The summed E-state index contributed by atoms with van der Waals surface area (Å²) >= 11 is 0. The number of phenolic OH excluding ortho intramolecular Hbond substituents is 1. The number of ether oxygens (including phenoxy) is 4. The molecule has 6 nitrogen and oxygen atoms in total. The first-order chi connectivity index (χ1) is 12.0. The van der Waals surface area contributed by atoms with E-state index in [1.165, 1.54) is 46.6 Å². The summed E-state index contributed by atoms with van der Waals surface area (Å²) in [5.74, 6) is 1.55. The van der Waals surface area contributed by atoms with E-state index in [1.54, 1.807) is 24.3 Å². The second kappa shape index (κ2) is 8.10. The number of rotatable bonds is 7. The molecule has 0 radical (unpaired) electrons. The van der Waals surface area contributed by atoms with E-state index < -0.39 is 0 Å². The molecule has 2 rings (SSSR count). The van der Waals surface area contributed by atoms with Crippen LogP contribution in [0.3, 0.4) is 0 Å². The Balaban J connectivity index is 2.33. The SMILES string of the molecule is COc1ccc(C(=O)C=Cc2cc(OC)c(OC)cc2OC)c(O)c1. The average Bonchev–Trinajstić information content (AvgIpc) is 2.64. The lowest BCUT2D eigenvalue weighted by atomic mass is 10.1. The van der Waals surface area contributed by atoms with Gasteiger partial charge >= 0.3 is 0 Å². The highest BCUT2D eigenvalue weighted by Crippen LogP contribution is 2.35. The van der Waals surface area contributed by atoms with Crippen molar-refractivity contribution >= 4 is 11.9 Å². The van der Waals surface area contributed by atoms with Crippen LogP contribution < -0.4 is 18.9 Å². The lowest BCUT2D eigenvalue weighted by Crippen LogP contribution is -1.97. The van der Waals surface area contributed by atoms with Crippen LogP contribution in [-0.4, -0.2) is 39.3 Å². The number of carbonyl (C=O) groups excluding carboxylic acids is 1. The summed E-state index contributed by atoms with van der Waals surface area (Å²) in [5, 5.41) is 9.95. The van der Waals surface area contributed by atoms with Crippen LogP contribution in [0.25, 0.3) is 6.08 Å². The quantitative estimate of drug-likeness (QED) is 0.613. The van der Waals surface area contributed by atoms with Crippen LogP contribution in [-0.2, 0) is 0 Å². The summed E-state index contributed by atoms with van der Waals surface area (Å²) in [4.78, 5) is 12.3. The van der Waals surface area contributed by atoms with Crippen LogP contribution in [0.1, 0.15) is 15.9 Å². The Morgan fingerprint density at radius 2 is 1.52 bits per heavy atom. The fourth-order valence-corrected chi connectivity index (χ4v) is 2.29. The van der Waals surface area contributed by atoms with Gasteiger partial charge in [-0.2, -0.15) is 0 Å². The molecule has 0 atom stereocenters. The van der Waals surface area contributed by atoms with Gasteiger partial charge in [0.25, 0.3) is 0 Å². The number of carbonyl (C=O) groups is 1. The van der Waals surface area contributed by atoms with E-state index in [1.807, 2.05) is 0 Å². The van der Waals surface area contributed by atoms with Crippen LogP contribution in [0, 0.1) is 0 Å². The van der Waals surface area contributed by atoms with E-state index in [4.69, 9.17) is 18.9 Å². The molecule has 0 aliphatic carbocycles. The Bertz CT molecular complexity index is 795. The van der Waals surface area contributed by atoms with Gasteiger partial charge in [-0.3, -0.25) is 4.79 Å². The van der Waals surface area contributed by atoms with Crippen molar-refractivity contribution in [3.8, 4) is 28.7 Å². The van der Waals surface area contributed by atoms with Crippen molar-refractivity contribution in [2.45, 2.75) is 0 Å². The molecule has 0 saturated heterocycles. The van der Waals surface area contributed by atoms with Crippen LogP contribution >= 0.6 is 0 Å². The Morgan fingerprint density at radius 3 is 2.08 bits per heavy atom. The van der Waals surface area contributed by atoms with E-state index in [2.05, 4.69) is 0 Å². The number of methoxy groups -OCH3 is 4. The van der Waals surface area contributed by atoms with Gasteiger partial charge < -0.3 is 24.1 Å². The summed E-state index contributed by atoms with van der Waals surface area (Å²) in [6.45, 7) is 0. The van der Waals surface area contributed by atoms with Crippen LogP contribution in [0.4, 0.5) is 0 Å². The number of allylic oxidation sites excluding steroid dienone is 1. The van der Waals surface area contributed by atoms with Crippen molar-refractivity contribution in [1.82, 2.24) is 0 Å². The van der Waals surface area contributed by atoms with E-state index in [9.17, 15) is 9.90 Å². The minimum Gasteiger partial charge on any atom is -0.507 e. The zero-order chi connectivity index (χ0) is 18.4. The minimum atomic E-state index is -0.350. The third-order valence-corrected chi connectivity index (χ3v) is 3.62. The van der Waals surface area contributed by atoms with Gasteiger partial charge in [0.15, 0.2) is 17.3 Å². The smallest absolute Gasteiger partial charge is 0.189 e. The molecule has 0 unspecified atom stereocenters. The molecule has 0 saturated carbocycles. The van der Waals surface area contributed by atoms with E-state index in [0.29, 0.717) is 28.6 Å². The molecule has 0 fully saturated rings. The fourth-order valence-electron chi connectivity index (χ4n) is 2.29. The van der Waals surface area contributed by atoms with Crippen molar-refractivity contribution < 1.29 is 28.8 Å². The van der Waals surface area contributed by atoms with Crippen molar-refractivity contribution in [2.24, 2.45) is 0 Å². The molecule has 0 amide bonds. The summed E-state index contributed by atoms with van der Waals surface area (Å²) in [5.41, 5.74) is 0.818. The highest BCUT2D eigenvalue weighted by atomic mass is 16.5. The van der Waals surface area contributed by atoms with Gasteiger partial charge in [-0.1, -0.05) is 0 Å². The van der Waals surface area contributed by atoms with Crippen molar-refractivity contribution in [3.05, 3.63) is 47.5 Å². The minimum absolute atomic E-state index is 0.145.